The maximum Gasteiger partial charge on any atom is 0.235 e. The lowest BCUT2D eigenvalue weighted by atomic mass is 9.98. The van der Waals surface area contributed by atoms with Gasteiger partial charge in [0.15, 0.2) is 0 Å². The summed E-state index contributed by atoms with van der Waals surface area (Å²) in [5, 5.41) is 7.67. The SMILES string of the molecule is Cc1ccc([C@H]2SCC(=O)Nc3c2c(C)nn3-c2ccc(F)cc2)c(C)c1. The van der Waals surface area contributed by atoms with Gasteiger partial charge in [-0.1, -0.05) is 23.8 Å². The van der Waals surface area contributed by atoms with Gasteiger partial charge >= 0.3 is 0 Å². The molecule has 0 saturated carbocycles. The average Bonchev–Trinajstić information content (AvgIpc) is 2.83. The summed E-state index contributed by atoms with van der Waals surface area (Å²) in [6.45, 7) is 6.13. The fraction of sp³-hybridized carbons (Fsp3) is 0.238. The maximum atomic E-state index is 13.3. The standard InChI is InChI=1S/C21H20FN3OS/c1-12-4-9-17(13(2)10-12)20-19-14(3)24-25(16-7-5-15(22)6-8-16)21(19)23-18(26)11-27-20/h4-10,20H,11H2,1-3H3,(H,23,26)/t20-/m1/s1. The number of halogens is 1. The number of carbonyl (C=O) groups is 1. The predicted octanol–water partition coefficient (Wildman–Crippen LogP) is 4.71. The minimum absolute atomic E-state index is 0.00810. The predicted molar refractivity (Wildman–Crippen MR) is 107 cm³/mol. The largest absolute Gasteiger partial charge is 0.310 e. The molecule has 0 unspecified atom stereocenters. The lowest BCUT2D eigenvalue weighted by Gasteiger charge is -2.18. The van der Waals surface area contributed by atoms with Gasteiger partial charge in [0.05, 0.1) is 22.4 Å². The van der Waals surface area contributed by atoms with Gasteiger partial charge < -0.3 is 5.32 Å². The quantitative estimate of drug-likeness (QED) is 0.699. The van der Waals surface area contributed by atoms with Gasteiger partial charge in [0.25, 0.3) is 0 Å². The molecule has 0 fully saturated rings. The van der Waals surface area contributed by atoms with Crippen molar-refractivity contribution in [1.82, 2.24) is 9.78 Å². The van der Waals surface area contributed by atoms with E-state index in [9.17, 15) is 9.18 Å². The number of rotatable bonds is 2. The molecule has 0 saturated heterocycles. The second kappa shape index (κ2) is 6.85. The Bertz CT molecular complexity index is 1030. The van der Waals surface area contributed by atoms with Crippen LogP contribution in [-0.4, -0.2) is 21.4 Å². The first kappa shape index (κ1) is 17.8. The average molecular weight is 381 g/mol. The van der Waals surface area contributed by atoms with E-state index in [-0.39, 0.29) is 17.0 Å². The first-order chi connectivity index (χ1) is 12.9. The highest BCUT2D eigenvalue weighted by molar-refractivity contribution is 8.00. The first-order valence-electron chi connectivity index (χ1n) is 8.78. The van der Waals surface area contributed by atoms with Crippen molar-refractivity contribution in [1.29, 1.82) is 0 Å². The third-order valence-corrected chi connectivity index (χ3v) is 6.04. The van der Waals surface area contributed by atoms with Crippen LogP contribution in [0.1, 0.15) is 33.2 Å². The maximum absolute atomic E-state index is 13.3. The van der Waals surface area contributed by atoms with Crippen molar-refractivity contribution in [2.75, 3.05) is 11.1 Å². The van der Waals surface area contributed by atoms with Crippen molar-refractivity contribution < 1.29 is 9.18 Å². The van der Waals surface area contributed by atoms with Crippen LogP contribution in [0.4, 0.5) is 10.2 Å². The normalized spacial score (nSPS) is 16.6. The topological polar surface area (TPSA) is 46.9 Å². The van der Waals surface area contributed by atoms with Gasteiger partial charge in [0.1, 0.15) is 11.6 Å². The molecule has 4 nitrogen and oxygen atoms in total. The Morgan fingerprint density at radius 3 is 2.59 bits per heavy atom. The molecule has 0 bridgehead atoms. The van der Waals surface area contributed by atoms with Crippen LogP contribution in [0.25, 0.3) is 5.69 Å². The summed E-state index contributed by atoms with van der Waals surface area (Å²) in [5.74, 6) is 0.674. The lowest BCUT2D eigenvalue weighted by molar-refractivity contribution is -0.113. The van der Waals surface area contributed by atoms with Crippen LogP contribution >= 0.6 is 11.8 Å². The van der Waals surface area contributed by atoms with E-state index < -0.39 is 0 Å². The number of hydrogen-bond acceptors (Lipinski definition) is 3. The molecule has 1 atom stereocenters. The number of aromatic nitrogens is 2. The van der Waals surface area contributed by atoms with Crippen molar-refractivity contribution in [3.05, 3.63) is 76.2 Å². The number of carbonyl (C=O) groups excluding carboxylic acids is 1. The van der Waals surface area contributed by atoms with Gasteiger partial charge in [0.2, 0.25) is 5.91 Å². The number of nitrogens with one attached hydrogen (secondary N) is 1. The lowest BCUT2D eigenvalue weighted by Crippen LogP contribution is -2.15. The summed E-state index contributed by atoms with van der Waals surface area (Å²) in [7, 11) is 0. The van der Waals surface area contributed by atoms with E-state index in [4.69, 9.17) is 0 Å². The van der Waals surface area contributed by atoms with E-state index in [1.54, 1.807) is 28.6 Å². The Kier molecular flexibility index (Phi) is 4.52. The number of hydrogen-bond donors (Lipinski definition) is 1. The van der Waals surface area contributed by atoms with E-state index in [1.807, 2.05) is 6.92 Å². The number of nitrogens with zero attached hydrogens (tertiary/aromatic N) is 2. The van der Waals surface area contributed by atoms with Crippen molar-refractivity contribution >= 4 is 23.5 Å². The number of fused-ring (bicyclic) bond motifs is 1. The number of anilines is 1. The van der Waals surface area contributed by atoms with E-state index >= 15 is 0 Å². The molecule has 27 heavy (non-hydrogen) atoms. The molecule has 6 heteroatoms. The van der Waals surface area contributed by atoms with Crippen molar-refractivity contribution in [2.24, 2.45) is 0 Å². The second-order valence-electron chi connectivity index (χ2n) is 6.84. The zero-order chi connectivity index (χ0) is 19.1. The molecule has 1 aliphatic heterocycles. The molecule has 1 aromatic heterocycles. The van der Waals surface area contributed by atoms with Gasteiger partial charge in [-0.2, -0.15) is 5.10 Å². The van der Waals surface area contributed by atoms with E-state index in [0.29, 0.717) is 17.3 Å². The fourth-order valence-electron chi connectivity index (χ4n) is 3.52. The summed E-state index contributed by atoms with van der Waals surface area (Å²) in [6, 6.07) is 12.5. The molecule has 1 aliphatic rings. The van der Waals surface area contributed by atoms with Gasteiger partial charge in [-0.3, -0.25) is 4.79 Å². The van der Waals surface area contributed by atoms with Gasteiger partial charge in [0, 0.05) is 5.56 Å². The van der Waals surface area contributed by atoms with Crippen molar-refractivity contribution in [2.45, 2.75) is 26.0 Å². The van der Waals surface area contributed by atoms with Gasteiger partial charge in [-0.05, 0) is 56.2 Å². The Hall–Kier alpha value is -2.60. The summed E-state index contributed by atoms with van der Waals surface area (Å²) >= 11 is 1.61. The second-order valence-corrected chi connectivity index (χ2v) is 7.93. The highest BCUT2D eigenvalue weighted by atomic mass is 32.2. The van der Waals surface area contributed by atoms with Crippen LogP contribution in [0, 0.1) is 26.6 Å². The molecule has 0 spiro atoms. The zero-order valence-electron chi connectivity index (χ0n) is 15.4. The zero-order valence-corrected chi connectivity index (χ0v) is 16.2. The summed E-state index contributed by atoms with van der Waals surface area (Å²) in [6.07, 6.45) is 0. The van der Waals surface area contributed by atoms with Gasteiger partial charge in [-0.15, -0.1) is 11.8 Å². The highest BCUT2D eigenvalue weighted by Crippen LogP contribution is 2.44. The smallest absolute Gasteiger partial charge is 0.235 e. The Balaban J connectivity index is 1.90. The van der Waals surface area contributed by atoms with E-state index in [2.05, 4.69) is 42.5 Å². The van der Waals surface area contributed by atoms with Crippen LogP contribution in [0.3, 0.4) is 0 Å². The molecule has 138 valence electrons. The van der Waals surface area contributed by atoms with Crippen LogP contribution in [0.5, 0.6) is 0 Å². The van der Waals surface area contributed by atoms with Crippen molar-refractivity contribution in [3.63, 3.8) is 0 Å². The summed E-state index contributed by atoms with van der Waals surface area (Å²) in [5.41, 5.74) is 6.17. The first-order valence-corrected chi connectivity index (χ1v) is 9.83. The molecule has 2 heterocycles. The Labute approximate surface area is 161 Å². The molecular weight excluding hydrogens is 361 g/mol. The molecular formula is C21H20FN3OS. The third-order valence-electron chi connectivity index (χ3n) is 4.79. The minimum atomic E-state index is -0.304. The number of thioether (sulfide) groups is 1. The van der Waals surface area contributed by atoms with E-state index in [1.165, 1.54) is 28.8 Å². The Morgan fingerprint density at radius 1 is 1.15 bits per heavy atom. The van der Waals surface area contributed by atoms with Crippen LogP contribution in [-0.2, 0) is 4.79 Å². The van der Waals surface area contributed by atoms with Gasteiger partial charge in [-0.25, -0.2) is 9.07 Å². The Morgan fingerprint density at radius 2 is 1.89 bits per heavy atom. The molecule has 0 radical (unpaired) electrons. The molecule has 1 N–H and O–H groups in total. The van der Waals surface area contributed by atoms with Crippen LogP contribution < -0.4 is 5.32 Å². The van der Waals surface area contributed by atoms with Crippen molar-refractivity contribution in [3.8, 4) is 5.69 Å². The summed E-state index contributed by atoms with van der Waals surface area (Å²) < 4.78 is 15.0. The molecule has 2 aromatic carbocycles. The number of aryl methyl sites for hydroxylation is 3. The minimum Gasteiger partial charge on any atom is -0.310 e. The fourth-order valence-corrected chi connectivity index (χ4v) is 4.80. The highest BCUT2D eigenvalue weighted by Gasteiger charge is 2.31. The molecule has 0 aliphatic carbocycles. The number of amides is 1. The van der Waals surface area contributed by atoms with Crippen LogP contribution in [0.15, 0.2) is 42.5 Å². The molecule has 3 aromatic rings. The third kappa shape index (κ3) is 3.25. The molecule has 4 rings (SSSR count). The van der Waals surface area contributed by atoms with E-state index in [0.717, 1.165) is 11.3 Å². The number of benzene rings is 2. The summed E-state index contributed by atoms with van der Waals surface area (Å²) in [4.78, 5) is 12.4. The van der Waals surface area contributed by atoms with Crippen LogP contribution in [0.2, 0.25) is 0 Å². The molecule has 1 amide bonds. The monoisotopic (exact) mass is 381 g/mol.